The van der Waals surface area contributed by atoms with E-state index in [9.17, 15) is 9.59 Å². The number of methoxy groups -OCH3 is 1. The fraction of sp³-hybridized carbons (Fsp3) is 0.375. The van der Waals surface area contributed by atoms with Gasteiger partial charge >= 0.3 is 0 Å². The molecule has 0 fully saturated rings. The number of hydrogen-bond acceptors (Lipinski definition) is 5. The van der Waals surface area contributed by atoms with Crippen LogP contribution in [0.5, 0.6) is 5.75 Å². The van der Waals surface area contributed by atoms with E-state index < -0.39 is 0 Å². The quantitative estimate of drug-likeness (QED) is 0.212. The van der Waals surface area contributed by atoms with Gasteiger partial charge in [0.1, 0.15) is 5.75 Å². The molecule has 0 bridgehead atoms. The van der Waals surface area contributed by atoms with Crippen molar-refractivity contribution >= 4 is 44.8 Å². The maximum absolute atomic E-state index is 13.4. The number of ether oxygens (including phenoxy) is 1. The number of imide groups is 1. The van der Waals surface area contributed by atoms with Crippen molar-refractivity contribution in [2.24, 2.45) is 0 Å². The largest absolute Gasteiger partial charge is 0.497 e. The van der Waals surface area contributed by atoms with Crippen LogP contribution in [0.1, 0.15) is 30.4 Å². The molecule has 2 aromatic carbocycles. The summed E-state index contributed by atoms with van der Waals surface area (Å²) in [7, 11) is 9.94. The van der Waals surface area contributed by atoms with Crippen molar-refractivity contribution in [3.63, 3.8) is 0 Å². The monoisotopic (exact) mass is 541 g/mol. The number of unbranched alkanes of at least 4 members (excludes halogenated alkanes) is 1. The van der Waals surface area contributed by atoms with Gasteiger partial charge in [-0.3, -0.25) is 14.9 Å². The highest BCUT2D eigenvalue weighted by Gasteiger charge is 2.35. The first kappa shape index (κ1) is 27.7. The summed E-state index contributed by atoms with van der Waals surface area (Å²) < 4.78 is 9.94. The fourth-order valence-corrected chi connectivity index (χ4v) is 5.66. The minimum atomic E-state index is -0.363. The molecule has 0 unspecified atom stereocenters. The second-order valence-electron chi connectivity index (χ2n) is 11.1. The number of amides is 2. The number of nitrogens with zero attached hydrogens (tertiary/aromatic N) is 4. The van der Waals surface area contributed by atoms with E-state index in [1.807, 2.05) is 48.8 Å². The Morgan fingerprint density at radius 3 is 1.95 bits per heavy atom. The Hall–Kier alpha value is -3.88. The van der Waals surface area contributed by atoms with E-state index in [-0.39, 0.29) is 11.8 Å². The van der Waals surface area contributed by atoms with Crippen LogP contribution < -0.4 is 10.1 Å². The molecule has 0 aliphatic carbocycles. The van der Waals surface area contributed by atoms with E-state index in [4.69, 9.17) is 4.74 Å². The van der Waals surface area contributed by atoms with E-state index >= 15 is 0 Å². The molecular weight excluding hydrogens is 502 g/mol. The number of para-hydroxylation sites is 1. The number of hydrogen-bond donors (Lipinski definition) is 1. The van der Waals surface area contributed by atoms with E-state index in [1.165, 1.54) is 0 Å². The molecule has 2 aromatic heterocycles. The Morgan fingerprint density at radius 2 is 1.30 bits per heavy atom. The molecule has 0 atom stereocenters. The summed E-state index contributed by atoms with van der Waals surface area (Å²) in [5.41, 5.74) is 4.47. The third-order valence-corrected chi connectivity index (χ3v) is 7.61. The molecule has 40 heavy (non-hydrogen) atoms. The van der Waals surface area contributed by atoms with Crippen LogP contribution in [0.15, 0.2) is 54.9 Å². The van der Waals surface area contributed by atoms with Gasteiger partial charge in [0, 0.05) is 58.4 Å². The average Bonchev–Trinajstić information content (AvgIpc) is 3.56. The third kappa shape index (κ3) is 5.42. The van der Waals surface area contributed by atoms with Crippen LogP contribution in [0.3, 0.4) is 0 Å². The highest BCUT2D eigenvalue weighted by Crippen LogP contribution is 2.40. The molecule has 0 saturated carbocycles. The molecule has 0 radical (unpaired) electrons. The van der Waals surface area contributed by atoms with Crippen molar-refractivity contribution in [1.82, 2.24) is 24.3 Å². The summed E-state index contributed by atoms with van der Waals surface area (Å²) in [4.78, 5) is 31.2. The lowest BCUT2D eigenvalue weighted by Crippen LogP contribution is -2.22. The SMILES string of the molecule is COc1ccc2c(c1)c(C1=C(c3cn(CCCCN(C)C)c4ccccc34)C(=O)NC1=O)cn2CCCN(C)C. The first-order valence-corrected chi connectivity index (χ1v) is 13.9. The average molecular weight is 542 g/mol. The summed E-state index contributed by atoms with van der Waals surface area (Å²) in [6.07, 6.45) is 7.13. The predicted octanol–water partition coefficient (Wildman–Crippen LogP) is 4.47. The van der Waals surface area contributed by atoms with Crippen LogP contribution >= 0.6 is 0 Å². The Kier molecular flexibility index (Phi) is 8.09. The number of carbonyl (C=O) groups is 2. The fourth-order valence-electron chi connectivity index (χ4n) is 5.66. The summed E-state index contributed by atoms with van der Waals surface area (Å²) in [6.45, 7) is 3.62. The zero-order valence-corrected chi connectivity index (χ0v) is 24.2. The summed E-state index contributed by atoms with van der Waals surface area (Å²) in [6, 6.07) is 14.1. The Labute approximate surface area is 235 Å². The second kappa shape index (κ2) is 11.7. The van der Waals surface area contributed by atoms with Crippen LogP contribution in [0.25, 0.3) is 33.0 Å². The topological polar surface area (TPSA) is 71.7 Å². The molecule has 3 heterocycles. The molecule has 1 aliphatic rings. The van der Waals surface area contributed by atoms with Crippen LogP contribution in [-0.4, -0.2) is 79.1 Å². The Balaban J connectivity index is 1.65. The van der Waals surface area contributed by atoms with Crippen molar-refractivity contribution in [2.45, 2.75) is 32.4 Å². The Morgan fingerprint density at radius 1 is 0.725 bits per heavy atom. The van der Waals surface area contributed by atoms with E-state index in [0.717, 1.165) is 78.4 Å². The molecule has 210 valence electrons. The molecule has 8 nitrogen and oxygen atoms in total. The minimum Gasteiger partial charge on any atom is -0.497 e. The van der Waals surface area contributed by atoms with Gasteiger partial charge in [-0.2, -0.15) is 0 Å². The molecule has 4 aromatic rings. The third-order valence-electron chi connectivity index (χ3n) is 7.61. The first-order chi connectivity index (χ1) is 19.3. The van der Waals surface area contributed by atoms with Gasteiger partial charge < -0.3 is 23.7 Å². The standard InChI is InChI=1S/C32H39N5O3/c1-34(2)15-8-9-17-36-20-25(23-11-6-7-12-27(23)36)29-30(32(39)33-31(29)38)26-21-37(18-10-16-35(3)4)28-14-13-22(40-5)19-24(26)28/h6-7,11-14,19-21H,8-10,15-18H2,1-5H3,(H,33,38,39). The van der Waals surface area contributed by atoms with Crippen molar-refractivity contribution in [2.75, 3.05) is 48.4 Å². The van der Waals surface area contributed by atoms with Crippen molar-refractivity contribution in [1.29, 1.82) is 0 Å². The maximum atomic E-state index is 13.4. The van der Waals surface area contributed by atoms with Gasteiger partial charge in [-0.1, -0.05) is 18.2 Å². The smallest absolute Gasteiger partial charge is 0.259 e. The van der Waals surface area contributed by atoms with Crippen molar-refractivity contribution in [3.8, 4) is 5.75 Å². The molecule has 0 saturated heterocycles. The van der Waals surface area contributed by atoms with E-state index in [2.05, 4.69) is 58.5 Å². The van der Waals surface area contributed by atoms with Crippen LogP contribution in [0.4, 0.5) is 0 Å². The number of fused-ring (bicyclic) bond motifs is 2. The Bertz CT molecular complexity index is 1590. The first-order valence-electron chi connectivity index (χ1n) is 13.9. The number of carbonyl (C=O) groups excluding carboxylic acids is 2. The zero-order chi connectivity index (χ0) is 28.4. The number of nitrogens with one attached hydrogen (secondary N) is 1. The minimum absolute atomic E-state index is 0.355. The van der Waals surface area contributed by atoms with Gasteiger partial charge in [0.05, 0.1) is 18.3 Å². The number of aryl methyl sites for hydroxylation is 2. The molecular formula is C32H39N5O3. The predicted molar refractivity (Wildman–Crippen MR) is 161 cm³/mol. The van der Waals surface area contributed by atoms with Gasteiger partial charge in [-0.15, -0.1) is 0 Å². The summed E-state index contributed by atoms with van der Waals surface area (Å²) in [5, 5.41) is 4.47. The normalized spacial score (nSPS) is 14.0. The molecule has 1 N–H and O–H groups in total. The second-order valence-corrected chi connectivity index (χ2v) is 11.1. The van der Waals surface area contributed by atoms with Gasteiger partial charge in [-0.25, -0.2) is 0 Å². The lowest BCUT2D eigenvalue weighted by atomic mass is 9.95. The van der Waals surface area contributed by atoms with Crippen molar-refractivity contribution in [3.05, 3.63) is 66.0 Å². The zero-order valence-electron chi connectivity index (χ0n) is 24.2. The van der Waals surface area contributed by atoms with Crippen molar-refractivity contribution < 1.29 is 14.3 Å². The molecule has 1 aliphatic heterocycles. The van der Waals surface area contributed by atoms with Gasteiger partial charge in [0.2, 0.25) is 0 Å². The molecule has 5 rings (SSSR count). The summed E-state index contributed by atoms with van der Waals surface area (Å²) >= 11 is 0. The number of benzene rings is 2. The van der Waals surface area contributed by atoms with Crippen LogP contribution in [0, 0.1) is 0 Å². The molecule has 0 spiro atoms. The highest BCUT2D eigenvalue weighted by atomic mass is 16.5. The van der Waals surface area contributed by atoms with Crippen LogP contribution in [-0.2, 0) is 22.7 Å². The van der Waals surface area contributed by atoms with Crippen LogP contribution in [0.2, 0.25) is 0 Å². The number of aromatic nitrogens is 2. The van der Waals surface area contributed by atoms with E-state index in [1.54, 1.807) is 7.11 Å². The lowest BCUT2D eigenvalue weighted by molar-refractivity contribution is -0.122. The molecule has 8 heteroatoms. The van der Waals surface area contributed by atoms with Gasteiger partial charge in [-0.05, 0) is 84.8 Å². The highest BCUT2D eigenvalue weighted by molar-refractivity contribution is 6.50. The van der Waals surface area contributed by atoms with Gasteiger partial charge in [0.15, 0.2) is 0 Å². The molecule has 2 amide bonds. The van der Waals surface area contributed by atoms with E-state index in [0.29, 0.717) is 16.9 Å². The number of rotatable bonds is 12. The van der Waals surface area contributed by atoms with Gasteiger partial charge in [0.25, 0.3) is 11.8 Å². The summed E-state index contributed by atoms with van der Waals surface area (Å²) in [5.74, 6) is -0.00843. The maximum Gasteiger partial charge on any atom is 0.259 e. The lowest BCUT2D eigenvalue weighted by Gasteiger charge is -2.10.